The summed E-state index contributed by atoms with van der Waals surface area (Å²) >= 11 is 0. The number of ether oxygens (including phenoxy) is 3. The summed E-state index contributed by atoms with van der Waals surface area (Å²) in [4.78, 5) is 84.1. The van der Waals surface area contributed by atoms with Gasteiger partial charge in [-0.15, -0.1) is 0 Å². The van der Waals surface area contributed by atoms with Crippen LogP contribution in [0.15, 0.2) is 114 Å². The fraction of sp³-hybridized carbons (Fsp3) is 0.346. The van der Waals surface area contributed by atoms with E-state index in [0.717, 1.165) is 35.1 Å². The van der Waals surface area contributed by atoms with E-state index in [2.05, 4.69) is 16.0 Å². The second-order valence-corrected chi connectivity index (χ2v) is 16.0. The number of furan rings is 1. The van der Waals surface area contributed by atoms with Gasteiger partial charge >= 0.3 is 17.9 Å². The topological polar surface area (TPSA) is 212 Å². The maximum atomic E-state index is 13.7. The van der Waals surface area contributed by atoms with Crippen LogP contribution in [0.1, 0.15) is 109 Å². The minimum Gasteiger partial charge on any atom is -0.493 e. The molecule has 17 heteroatoms. The zero-order valence-corrected chi connectivity index (χ0v) is 39.1. The molecule has 0 saturated heterocycles. The van der Waals surface area contributed by atoms with Gasteiger partial charge < -0.3 is 39.2 Å². The van der Waals surface area contributed by atoms with E-state index < -0.39 is 66.2 Å². The van der Waals surface area contributed by atoms with Gasteiger partial charge in [0.15, 0.2) is 5.76 Å². The zero-order valence-electron chi connectivity index (χ0n) is 39.1. The lowest BCUT2D eigenvalue weighted by Gasteiger charge is -2.32. The molecule has 0 radical (unpaired) electrons. The number of hydrogen-bond donors (Lipinski definition) is 4. The van der Waals surface area contributed by atoms with Crippen molar-refractivity contribution in [1.82, 2.24) is 21.0 Å². The van der Waals surface area contributed by atoms with Crippen LogP contribution in [0.5, 0.6) is 5.75 Å². The number of nitrogens with one attached hydrogen (secondary N) is 3. The van der Waals surface area contributed by atoms with Crippen molar-refractivity contribution in [1.29, 1.82) is 0 Å². The van der Waals surface area contributed by atoms with Crippen LogP contribution in [0.4, 0.5) is 4.39 Å². The molecule has 1 heterocycles. The van der Waals surface area contributed by atoms with Crippen LogP contribution in [0, 0.1) is 18.7 Å². The highest BCUT2D eigenvalue weighted by atomic mass is 19.1. The second kappa shape index (κ2) is 26.8. The van der Waals surface area contributed by atoms with Gasteiger partial charge in [0.1, 0.15) is 42.8 Å². The van der Waals surface area contributed by atoms with Crippen LogP contribution < -0.4 is 20.7 Å². The lowest BCUT2D eigenvalue weighted by atomic mass is 9.90. The number of aliphatic hydroxyl groups is 1. The summed E-state index contributed by atoms with van der Waals surface area (Å²) in [5.41, 5.74) is 2.57. The van der Waals surface area contributed by atoms with E-state index in [1.807, 2.05) is 31.2 Å². The van der Waals surface area contributed by atoms with Crippen molar-refractivity contribution in [3.05, 3.63) is 149 Å². The molecule has 5 rings (SSSR count). The van der Waals surface area contributed by atoms with Crippen molar-refractivity contribution >= 4 is 36.1 Å². The van der Waals surface area contributed by atoms with Crippen LogP contribution in [0.2, 0.25) is 0 Å². The summed E-state index contributed by atoms with van der Waals surface area (Å²) < 4.78 is 36.4. The number of benzene rings is 4. The third kappa shape index (κ3) is 15.6. The first kappa shape index (κ1) is 52.6. The van der Waals surface area contributed by atoms with Crippen molar-refractivity contribution in [3.63, 3.8) is 0 Å². The van der Waals surface area contributed by atoms with E-state index in [1.54, 1.807) is 74.5 Å². The molecule has 0 saturated carbocycles. The second-order valence-electron chi connectivity index (χ2n) is 16.0. The molecule has 4 unspecified atom stereocenters. The predicted octanol–water partition coefficient (Wildman–Crippen LogP) is 7.63. The minimum absolute atomic E-state index is 0.0121. The Kier molecular flexibility index (Phi) is 20.5. The average molecular weight is 951 g/mol. The van der Waals surface area contributed by atoms with Gasteiger partial charge in [0.2, 0.25) is 12.3 Å². The first-order valence-electron chi connectivity index (χ1n) is 22.8. The third-order valence-corrected chi connectivity index (χ3v) is 11.1. The molecule has 0 spiro atoms. The van der Waals surface area contributed by atoms with Gasteiger partial charge in [-0.25, -0.2) is 9.18 Å². The van der Waals surface area contributed by atoms with Crippen LogP contribution in [0.25, 0.3) is 11.3 Å². The standard InChI is InChI=1S/C52H59FN4O12/c1-5-8-11-20-40(43(6-2)57(33-58)69-51(63)39-24-22-38(53)27-34(39)4)48(60)54-32-55-50(62)45-26-25-44(68-45)37-21-23-41(46(28-37)65-7-3)49(61)56-42(52(64)67-31-36-18-14-10-15-19-36)29-47(59)66-30-35-16-12-9-13-17-35/h9-10,12-19,21-28,33,40,42-43,49,56,61H,5-8,11,20,29-32H2,1-4H3,(H,54,60)(H,55,62). The molecule has 0 fully saturated rings. The number of carbonyl (C=O) groups is 6. The number of esters is 2. The van der Waals surface area contributed by atoms with Gasteiger partial charge in [-0.1, -0.05) is 106 Å². The Labute approximate surface area is 400 Å². The Hall–Kier alpha value is -7.37. The average Bonchev–Trinajstić information content (AvgIpc) is 3.85. The summed E-state index contributed by atoms with van der Waals surface area (Å²) in [5, 5.41) is 20.4. The number of halogens is 1. The van der Waals surface area contributed by atoms with E-state index in [9.17, 15) is 38.3 Å². The van der Waals surface area contributed by atoms with Crippen molar-refractivity contribution in [2.45, 2.75) is 97.7 Å². The number of amides is 3. The molecule has 4 N–H and O–H groups in total. The van der Waals surface area contributed by atoms with Gasteiger partial charge in [0.25, 0.3) is 5.91 Å². The van der Waals surface area contributed by atoms with Crippen molar-refractivity contribution < 1.29 is 61.7 Å². The molecule has 0 aliphatic carbocycles. The summed E-state index contributed by atoms with van der Waals surface area (Å²) in [7, 11) is 0. The molecule has 3 amide bonds. The minimum atomic E-state index is -1.52. The van der Waals surface area contributed by atoms with Gasteiger partial charge in [0.05, 0.1) is 37.2 Å². The fourth-order valence-corrected chi connectivity index (χ4v) is 7.45. The number of unbranched alkanes of at least 4 members (excludes halogenated alkanes) is 2. The molecule has 1 aromatic heterocycles. The van der Waals surface area contributed by atoms with Crippen LogP contribution in [-0.2, 0) is 46.7 Å². The Bertz CT molecular complexity index is 2480. The molecule has 0 aliphatic heterocycles. The number of aryl methyl sites for hydroxylation is 1. The smallest absolute Gasteiger partial charge is 0.363 e. The zero-order chi connectivity index (χ0) is 49.7. The maximum absolute atomic E-state index is 13.7. The van der Waals surface area contributed by atoms with Crippen LogP contribution in [-0.4, -0.2) is 71.7 Å². The molecule has 4 atom stereocenters. The number of aliphatic hydroxyl groups excluding tert-OH is 1. The molecular formula is C52H59FN4O12. The van der Waals surface area contributed by atoms with Crippen molar-refractivity contribution in [2.75, 3.05) is 13.3 Å². The van der Waals surface area contributed by atoms with Gasteiger partial charge in [-0.3, -0.25) is 29.3 Å². The van der Waals surface area contributed by atoms with Crippen molar-refractivity contribution in [2.24, 2.45) is 5.92 Å². The molecule has 366 valence electrons. The number of rotatable bonds is 27. The lowest BCUT2D eigenvalue weighted by molar-refractivity contribution is -0.171. The largest absolute Gasteiger partial charge is 0.493 e. The summed E-state index contributed by atoms with van der Waals surface area (Å²) in [6.07, 6.45) is 1.28. The highest BCUT2D eigenvalue weighted by Gasteiger charge is 2.34. The van der Waals surface area contributed by atoms with Crippen LogP contribution in [0.3, 0.4) is 0 Å². The van der Waals surface area contributed by atoms with Gasteiger partial charge in [-0.2, -0.15) is 5.06 Å². The number of nitrogens with zero attached hydrogens (tertiary/aromatic N) is 1. The molecule has 5 aromatic rings. The number of hydroxylamine groups is 2. The first-order chi connectivity index (χ1) is 33.3. The van der Waals surface area contributed by atoms with E-state index in [1.165, 1.54) is 25.1 Å². The van der Waals surface area contributed by atoms with E-state index in [0.29, 0.717) is 30.4 Å². The highest BCUT2D eigenvalue weighted by molar-refractivity contribution is 5.93. The fourth-order valence-electron chi connectivity index (χ4n) is 7.45. The van der Waals surface area contributed by atoms with Crippen LogP contribution >= 0.6 is 0 Å². The summed E-state index contributed by atoms with van der Waals surface area (Å²) in [6, 6.07) is 27.2. The summed E-state index contributed by atoms with van der Waals surface area (Å²) in [6.45, 7) is 6.85. The molecule has 4 aromatic carbocycles. The summed E-state index contributed by atoms with van der Waals surface area (Å²) in [5.74, 6) is -4.46. The Morgan fingerprint density at radius 1 is 0.826 bits per heavy atom. The highest BCUT2D eigenvalue weighted by Crippen LogP contribution is 2.32. The molecule has 16 nitrogen and oxygen atoms in total. The Morgan fingerprint density at radius 2 is 1.52 bits per heavy atom. The monoisotopic (exact) mass is 950 g/mol. The van der Waals surface area contributed by atoms with Crippen molar-refractivity contribution in [3.8, 4) is 17.1 Å². The Morgan fingerprint density at radius 3 is 2.16 bits per heavy atom. The molecule has 0 bridgehead atoms. The van der Waals surface area contributed by atoms with Gasteiger partial charge in [-0.05, 0) is 79.8 Å². The lowest BCUT2D eigenvalue weighted by Crippen LogP contribution is -2.49. The quantitative estimate of drug-likeness (QED) is 0.0131. The maximum Gasteiger partial charge on any atom is 0.363 e. The van der Waals surface area contributed by atoms with E-state index >= 15 is 0 Å². The number of hydrogen-bond acceptors (Lipinski definition) is 13. The van der Waals surface area contributed by atoms with E-state index in [-0.39, 0.29) is 61.3 Å². The molecular weight excluding hydrogens is 892 g/mol. The molecule has 69 heavy (non-hydrogen) atoms. The van der Waals surface area contributed by atoms with Gasteiger partial charge in [0, 0.05) is 11.1 Å². The normalized spacial score (nSPS) is 12.7. The SMILES string of the molecule is CCCCCC(C(=O)NCNC(=O)c1ccc(-c2ccc(C(O)NC(CC(=O)OCc3ccccc3)C(=O)OCc3ccccc3)c(OCC)c2)o1)C(CC)N(C=O)OC(=O)c1ccc(F)cc1C. The molecule has 0 aliphatic rings. The predicted molar refractivity (Wildman–Crippen MR) is 251 cm³/mol. The third-order valence-electron chi connectivity index (χ3n) is 11.1. The Balaban J connectivity index is 1.23. The first-order valence-corrected chi connectivity index (χ1v) is 22.8. The number of carbonyl (C=O) groups excluding carboxylic acids is 6. The van der Waals surface area contributed by atoms with E-state index in [4.69, 9.17) is 23.5 Å².